The van der Waals surface area contributed by atoms with Crippen LogP contribution in [0.5, 0.6) is 0 Å². The number of hydrogen-bond acceptors (Lipinski definition) is 4. The third-order valence-electron chi connectivity index (χ3n) is 8.82. The van der Waals surface area contributed by atoms with Crippen molar-refractivity contribution in [2.45, 2.75) is 97.2 Å². The topological polar surface area (TPSA) is 69.9 Å². The highest BCUT2D eigenvalue weighted by Gasteiger charge is 2.50. The Morgan fingerprint density at radius 3 is 2.73 bits per heavy atom. The zero-order valence-electron chi connectivity index (χ0n) is 21.5. The number of aliphatic hydroxyl groups excluding tert-OH is 2. The lowest BCUT2D eigenvalue weighted by Gasteiger charge is -2.44. The molecule has 3 saturated carbocycles. The Hall–Kier alpha value is -0.940. The molecule has 0 aliphatic heterocycles. The standard InChI is InChI=1S/C29H48O4/c1-20(19-33-15-7-13-28(3,4)32)26-11-12-27-22(8-6-14-29(26,27)5)9-10-23-16-25(31)17-24(18-30)21(23)2/h9-10,20,24-27,30-32H,2,6-8,11-19H2,1,3-5H3/b22-9+,23-10-/t20-,24+,25+,26?,27-,29+/m0/s1. The summed E-state index contributed by atoms with van der Waals surface area (Å²) in [6, 6.07) is 0. The Bertz CT molecular complexity index is 730. The molecule has 0 aromatic heterocycles. The molecule has 3 aliphatic carbocycles. The molecule has 0 bridgehead atoms. The Labute approximate surface area is 201 Å². The van der Waals surface area contributed by atoms with Crippen LogP contribution >= 0.6 is 0 Å². The molecule has 188 valence electrons. The van der Waals surface area contributed by atoms with Gasteiger partial charge in [0, 0.05) is 19.1 Å². The third kappa shape index (κ3) is 6.60. The molecule has 0 aromatic rings. The lowest BCUT2D eigenvalue weighted by molar-refractivity contribution is 0.0209. The summed E-state index contributed by atoms with van der Waals surface area (Å²) >= 11 is 0. The summed E-state index contributed by atoms with van der Waals surface area (Å²) in [5.74, 6) is 1.83. The monoisotopic (exact) mass is 460 g/mol. The van der Waals surface area contributed by atoms with E-state index >= 15 is 0 Å². The van der Waals surface area contributed by atoms with Gasteiger partial charge in [0.05, 0.1) is 18.3 Å². The summed E-state index contributed by atoms with van der Waals surface area (Å²) in [6.45, 7) is 14.4. The van der Waals surface area contributed by atoms with Crippen molar-refractivity contribution < 1.29 is 20.1 Å². The van der Waals surface area contributed by atoms with Gasteiger partial charge in [0.2, 0.25) is 0 Å². The number of fused-ring (bicyclic) bond motifs is 1. The van der Waals surface area contributed by atoms with Gasteiger partial charge in [0.25, 0.3) is 0 Å². The molecule has 4 heteroatoms. The highest BCUT2D eigenvalue weighted by atomic mass is 16.5. The Kier molecular flexibility index (Phi) is 9.05. The fraction of sp³-hybridized carbons (Fsp3) is 0.793. The first-order valence-corrected chi connectivity index (χ1v) is 13.2. The minimum atomic E-state index is -0.609. The smallest absolute Gasteiger partial charge is 0.0592 e. The highest BCUT2D eigenvalue weighted by molar-refractivity contribution is 5.38. The molecule has 1 unspecified atom stereocenters. The third-order valence-corrected chi connectivity index (χ3v) is 8.82. The van der Waals surface area contributed by atoms with Crippen molar-refractivity contribution in [3.8, 4) is 0 Å². The van der Waals surface area contributed by atoms with Gasteiger partial charge in [0.15, 0.2) is 0 Å². The first kappa shape index (κ1) is 26.7. The van der Waals surface area contributed by atoms with E-state index in [1.54, 1.807) is 5.57 Å². The van der Waals surface area contributed by atoms with Crippen LogP contribution in [0, 0.1) is 29.1 Å². The molecule has 6 atom stereocenters. The first-order valence-electron chi connectivity index (χ1n) is 13.2. The normalized spacial score (nSPS) is 36.4. The number of aliphatic hydroxyl groups is 3. The summed E-state index contributed by atoms with van der Waals surface area (Å²) in [4.78, 5) is 0. The summed E-state index contributed by atoms with van der Waals surface area (Å²) in [5.41, 5.74) is 3.38. The van der Waals surface area contributed by atoms with Gasteiger partial charge in [-0.15, -0.1) is 0 Å². The zero-order valence-corrected chi connectivity index (χ0v) is 21.5. The summed E-state index contributed by atoms with van der Waals surface area (Å²) in [6.07, 6.45) is 13.3. The molecule has 4 nitrogen and oxygen atoms in total. The molecule has 33 heavy (non-hydrogen) atoms. The van der Waals surface area contributed by atoms with Crippen LogP contribution in [0.1, 0.15) is 85.5 Å². The van der Waals surface area contributed by atoms with Crippen molar-refractivity contribution in [1.29, 1.82) is 0 Å². The van der Waals surface area contributed by atoms with Crippen molar-refractivity contribution in [3.63, 3.8) is 0 Å². The molecule has 3 fully saturated rings. The van der Waals surface area contributed by atoms with Gasteiger partial charge < -0.3 is 20.1 Å². The highest BCUT2D eigenvalue weighted by Crippen LogP contribution is 2.59. The maximum Gasteiger partial charge on any atom is 0.0592 e. The van der Waals surface area contributed by atoms with Gasteiger partial charge in [-0.1, -0.05) is 38.2 Å². The average molecular weight is 461 g/mol. The van der Waals surface area contributed by atoms with Gasteiger partial charge in [-0.3, -0.25) is 0 Å². The number of allylic oxidation sites excluding steroid dienone is 3. The van der Waals surface area contributed by atoms with Crippen LogP contribution in [0.25, 0.3) is 0 Å². The lowest BCUT2D eigenvalue weighted by Crippen LogP contribution is -2.37. The Morgan fingerprint density at radius 2 is 2.03 bits per heavy atom. The Morgan fingerprint density at radius 1 is 1.27 bits per heavy atom. The zero-order chi connectivity index (χ0) is 24.2. The second kappa shape index (κ2) is 11.2. The van der Waals surface area contributed by atoms with E-state index in [0.29, 0.717) is 36.0 Å². The van der Waals surface area contributed by atoms with Crippen molar-refractivity contribution >= 4 is 0 Å². The minimum Gasteiger partial charge on any atom is -0.396 e. The SMILES string of the molecule is C=C1/C(=C\C=C2/CCC[C@]3(C)C([C@@H](C)COCCCC(C)(C)O)CC[C@@H]23)C[C@@H](O)C[C@@H]1CO. The van der Waals surface area contributed by atoms with Gasteiger partial charge in [-0.05, 0) is 106 Å². The summed E-state index contributed by atoms with van der Waals surface area (Å²) < 4.78 is 6.04. The molecule has 3 N–H and O–H groups in total. The van der Waals surface area contributed by atoms with Crippen LogP contribution in [-0.4, -0.2) is 46.8 Å². The molecule has 0 radical (unpaired) electrons. The maximum atomic E-state index is 10.2. The quantitative estimate of drug-likeness (QED) is 0.393. The molecular formula is C29H48O4. The van der Waals surface area contributed by atoms with E-state index in [4.69, 9.17) is 4.74 Å². The molecule has 0 spiro atoms. The molecular weight excluding hydrogens is 412 g/mol. The van der Waals surface area contributed by atoms with E-state index in [-0.39, 0.29) is 18.6 Å². The van der Waals surface area contributed by atoms with E-state index in [9.17, 15) is 15.3 Å². The van der Waals surface area contributed by atoms with Crippen LogP contribution in [0.4, 0.5) is 0 Å². The molecule has 3 rings (SSSR count). The fourth-order valence-electron chi connectivity index (χ4n) is 6.98. The first-order chi connectivity index (χ1) is 15.5. The van der Waals surface area contributed by atoms with Crippen molar-refractivity contribution in [2.75, 3.05) is 19.8 Å². The van der Waals surface area contributed by atoms with Gasteiger partial charge in [-0.25, -0.2) is 0 Å². The molecule has 0 saturated heterocycles. The predicted octanol–water partition coefficient (Wildman–Crippen LogP) is 5.58. The molecule has 0 heterocycles. The van der Waals surface area contributed by atoms with E-state index < -0.39 is 5.60 Å². The minimum absolute atomic E-state index is 0.0183. The largest absolute Gasteiger partial charge is 0.396 e. The van der Waals surface area contributed by atoms with E-state index in [1.807, 2.05) is 13.8 Å². The van der Waals surface area contributed by atoms with Crippen LogP contribution in [0.3, 0.4) is 0 Å². The number of hydrogen-bond donors (Lipinski definition) is 3. The fourth-order valence-corrected chi connectivity index (χ4v) is 6.98. The van der Waals surface area contributed by atoms with Gasteiger partial charge in [0.1, 0.15) is 0 Å². The van der Waals surface area contributed by atoms with Gasteiger partial charge >= 0.3 is 0 Å². The second-order valence-electron chi connectivity index (χ2n) is 12.0. The lowest BCUT2D eigenvalue weighted by atomic mass is 9.61. The summed E-state index contributed by atoms with van der Waals surface area (Å²) in [7, 11) is 0. The van der Waals surface area contributed by atoms with E-state index in [1.165, 1.54) is 25.7 Å². The number of ether oxygens (including phenoxy) is 1. The molecule has 0 amide bonds. The number of rotatable bonds is 9. The summed E-state index contributed by atoms with van der Waals surface area (Å²) in [5, 5.41) is 29.7. The predicted molar refractivity (Wildman–Crippen MR) is 135 cm³/mol. The van der Waals surface area contributed by atoms with Crippen molar-refractivity contribution in [1.82, 2.24) is 0 Å². The molecule has 3 aliphatic rings. The van der Waals surface area contributed by atoms with Gasteiger partial charge in [-0.2, -0.15) is 0 Å². The van der Waals surface area contributed by atoms with E-state index in [2.05, 4.69) is 32.6 Å². The Balaban J connectivity index is 1.62. The maximum absolute atomic E-state index is 10.2. The van der Waals surface area contributed by atoms with Crippen molar-refractivity contribution in [3.05, 3.63) is 35.5 Å². The van der Waals surface area contributed by atoms with E-state index in [0.717, 1.165) is 43.6 Å². The molecule has 0 aromatic carbocycles. The van der Waals surface area contributed by atoms with Crippen LogP contribution < -0.4 is 0 Å². The van der Waals surface area contributed by atoms with Crippen LogP contribution in [0.2, 0.25) is 0 Å². The van der Waals surface area contributed by atoms with Crippen LogP contribution in [-0.2, 0) is 4.74 Å². The van der Waals surface area contributed by atoms with Crippen LogP contribution in [0.15, 0.2) is 35.5 Å². The van der Waals surface area contributed by atoms with Crippen molar-refractivity contribution in [2.24, 2.45) is 29.1 Å². The average Bonchev–Trinajstić information content (AvgIpc) is 3.10. The second-order valence-corrected chi connectivity index (χ2v) is 12.0.